The van der Waals surface area contributed by atoms with Crippen LogP contribution in [0.25, 0.3) is 0 Å². The van der Waals surface area contributed by atoms with Crippen LogP contribution in [0.5, 0.6) is 0 Å². The molecule has 2 aromatic rings. The zero-order chi connectivity index (χ0) is 13.7. The number of hydrogen-bond donors (Lipinski definition) is 1. The summed E-state index contributed by atoms with van der Waals surface area (Å²) in [6.45, 7) is 0. The Morgan fingerprint density at radius 2 is 2.16 bits per heavy atom. The van der Waals surface area contributed by atoms with Crippen LogP contribution in [0, 0.1) is 5.82 Å². The molecule has 0 saturated heterocycles. The van der Waals surface area contributed by atoms with E-state index in [2.05, 4.69) is 33.4 Å². The molecule has 0 spiro atoms. The summed E-state index contributed by atoms with van der Waals surface area (Å²) in [4.78, 5) is 1.40. The number of halogens is 2. The van der Waals surface area contributed by atoms with E-state index in [1.165, 1.54) is 10.9 Å². The van der Waals surface area contributed by atoms with Crippen LogP contribution in [-0.4, -0.2) is 6.04 Å². The van der Waals surface area contributed by atoms with E-state index in [4.69, 9.17) is 5.73 Å². The maximum Gasteiger partial charge on any atom is 0.123 e. The molecule has 4 heteroatoms. The molecular formula is C15H17BrFNS. The quantitative estimate of drug-likeness (QED) is 0.819. The van der Waals surface area contributed by atoms with Gasteiger partial charge in [-0.25, -0.2) is 4.39 Å². The van der Waals surface area contributed by atoms with E-state index in [9.17, 15) is 4.39 Å². The van der Waals surface area contributed by atoms with Crippen LogP contribution in [0.1, 0.15) is 23.3 Å². The van der Waals surface area contributed by atoms with Crippen LogP contribution < -0.4 is 5.73 Å². The molecule has 1 nitrogen and oxygen atoms in total. The normalized spacial score (nSPS) is 12.6. The summed E-state index contributed by atoms with van der Waals surface area (Å²) in [5.41, 5.74) is 7.07. The molecule has 2 rings (SSSR count). The number of nitrogens with two attached hydrogens (primary N) is 1. The van der Waals surface area contributed by atoms with Crippen LogP contribution >= 0.6 is 27.3 Å². The lowest BCUT2D eigenvalue weighted by Crippen LogP contribution is -2.23. The molecule has 1 unspecified atom stereocenters. The van der Waals surface area contributed by atoms with Crippen molar-refractivity contribution in [2.75, 3.05) is 0 Å². The van der Waals surface area contributed by atoms with Crippen molar-refractivity contribution in [1.82, 2.24) is 0 Å². The van der Waals surface area contributed by atoms with Gasteiger partial charge in [0, 0.05) is 15.4 Å². The van der Waals surface area contributed by atoms with Gasteiger partial charge < -0.3 is 5.73 Å². The zero-order valence-corrected chi connectivity index (χ0v) is 13.0. The van der Waals surface area contributed by atoms with E-state index in [0.717, 1.165) is 29.3 Å². The first-order valence-corrected chi connectivity index (χ1v) is 8.04. The van der Waals surface area contributed by atoms with Crippen molar-refractivity contribution < 1.29 is 4.39 Å². The SMILES string of the molecule is NC(CCCc1cccs1)Cc1cc(F)ccc1Br. The average Bonchev–Trinajstić information content (AvgIpc) is 2.87. The van der Waals surface area contributed by atoms with Crippen molar-refractivity contribution >= 4 is 27.3 Å². The van der Waals surface area contributed by atoms with E-state index in [1.807, 2.05) is 0 Å². The van der Waals surface area contributed by atoms with Gasteiger partial charge in [-0.1, -0.05) is 22.0 Å². The minimum Gasteiger partial charge on any atom is -0.327 e. The largest absolute Gasteiger partial charge is 0.327 e. The number of thiophene rings is 1. The Morgan fingerprint density at radius 1 is 1.32 bits per heavy atom. The summed E-state index contributed by atoms with van der Waals surface area (Å²) in [5, 5.41) is 2.10. The predicted molar refractivity (Wildman–Crippen MR) is 83.0 cm³/mol. The molecule has 1 aromatic heterocycles. The molecule has 1 aromatic carbocycles. The molecule has 0 aliphatic heterocycles. The van der Waals surface area contributed by atoms with Gasteiger partial charge in [0.1, 0.15) is 5.82 Å². The first-order valence-electron chi connectivity index (χ1n) is 6.37. The Bertz CT molecular complexity index is 513. The van der Waals surface area contributed by atoms with Crippen molar-refractivity contribution in [2.45, 2.75) is 31.7 Å². The lowest BCUT2D eigenvalue weighted by Gasteiger charge is -2.12. The van der Waals surface area contributed by atoms with E-state index in [-0.39, 0.29) is 11.9 Å². The molecule has 0 fully saturated rings. The van der Waals surface area contributed by atoms with Crippen LogP contribution in [0.2, 0.25) is 0 Å². The minimum absolute atomic E-state index is 0.0815. The molecule has 2 N–H and O–H groups in total. The molecule has 102 valence electrons. The number of benzene rings is 1. The van der Waals surface area contributed by atoms with E-state index < -0.39 is 0 Å². The Kier molecular flexibility index (Phi) is 5.55. The van der Waals surface area contributed by atoms with Crippen molar-refractivity contribution in [3.8, 4) is 0 Å². The summed E-state index contributed by atoms with van der Waals surface area (Å²) in [6, 6.07) is 9.06. The summed E-state index contributed by atoms with van der Waals surface area (Å²) in [6.07, 6.45) is 3.83. The third-order valence-corrected chi connectivity index (χ3v) is 4.78. The van der Waals surface area contributed by atoms with Gasteiger partial charge in [-0.3, -0.25) is 0 Å². The highest BCUT2D eigenvalue weighted by molar-refractivity contribution is 9.10. The van der Waals surface area contributed by atoms with Crippen molar-refractivity contribution in [2.24, 2.45) is 5.73 Å². The number of rotatable bonds is 6. The fraction of sp³-hybridized carbons (Fsp3) is 0.333. The molecule has 0 saturated carbocycles. The minimum atomic E-state index is -0.205. The topological polar surface area (TPSA) is 26.0 Å². The van der Waals surface area contributed by atoms with Crippen LogP contribution in [0.4, 0.5) is 4.39 Å². The van der Waals surface area contributed by atoms with Gasteiger partial charge in [-0.05, 0) is 60.9 Å². The van der Waals surface area contributed by atoms with Gasteiger partial charge in [0.25, 0.3) is 0 Å². The highest BCUT2D eigenvalue weighted by Crippen LogP contribution is 2.20. The van der Waals surface area contributed by atoms with Crippen LogP contribution in [0.3, 0.4) is 0 Å². The smallest absolute Gasteiger partial charge is 0.123 e. The molecule has 0 aliphatic carbocycles. The second kappa shape index (κ2) is 7.17. The Hall–Kier alpha value is -0.710. The van der Waals surface area contributed by atoms with Crippen LogP contribution in [0.15, 0.2) is 40.2 Å². The van der Waals surface area contributed by atoms with E-state index in [0.29, 0.717) is 6.42 Å². The van der Waals surface area contributed by atoms with Crippen LogP contribution in [-0.2, 0) is 12.8 Å². The lowest BCUT2D eigenvalue weighted by atomic mass is 10.0. The van der Waals surface area contributed by atoms with Gasteiger partial charge in [0.05, 0.1) is 0 Å². The summed E-state index contributed by atoms with van der Waals surface area (Å²) in [5.74, 6) is -0.205. The molecule has 0 aliphatic rings. The third kappa shape index (κ3) is 4.71. The maximum atomic E-state index is 13.2. The molecule has 0 bridgehead atoms. The first-order chi connectivity index (χ1) is 9.15. The van der Waals surface area contributed by atoms with Gasteiger partial charge in [0.2, 0.25) is 0 Å². The number of hydrogen-bond acceptors (Lipinski definition) is 2. The molecule has 0 radical (unpaired) electrons. The molecular weight excluding hydrogens is 325 g/mol. The Balaban J connectivity index is 1.80. The van der Waals surface area contributed by atoms with Crippen molar-refractivity contribution in [3.05, 3.63) is 56.4 Å². The van der Waals surface area contributed by atoms with Gasteiger partial charge in [-0.2, -0.15) is 0 Å². The number of aryl methyl sites for hydroxylation is 1. The van der Waals surface area contributed by atoms with Crippen molar-refractivity contribution in [1.29, 1.82) is 0 Å². The second-order valence-corrected chi connectivity index (χ2v) is 6.56. The van der Waals surface area contributed by atoms with E-state index >= 15 is 0 Å². The third-order valence-electron chi connectivity index (χ3n) is 3.07. The average molecular weight is 342 g/mol. The Labute approximate surface area is 125 Å². The Morgan fingerprint density at radius 3 is 2.89 bits per heavy atom. The highest BCUT2D eigenvalue weighted by Gasteiger charge is 2.08. The predicted octanol–water partition coefficient (Wildman–Crippen LogP) is 4.54. The van der Waals surface area contributed by atoms with Gasteiger partial charge >= 0.3 is 0 Å². The van der Waals surface area contributed by atoms with Gasteiger partial charge in [-0.15, -0.1) is 11.3 Å². The molecule has 19 heavy (non-hydrogen) atoms. The second-order valence-electron chi connectivity index (χ2n) is 4.67. The summed E-state index contributed by atoms with van der Waals surface area (Å²) in [7, 11) is 0. The molecule has 1 heterocycles. The van der Waals surface area contributed by atoms with E-state index in [1.54, 1.807) is 23.5 Å². The van der Waals surface area contributed by atoms with Gasteiger partial charge in [0.15, 0.2) is 0 Å². The lowest BCUT2D eigenvalue weighted by molar-refractivity contribution is 0.575. The zero-order valence-electron chi connectivity index (χ0n) is 10.6. The molecule has 0 amide bonds. The summed E-state index contributed by atoms with van der Waals surface area (Å²) < 4.78 is 14.1. The highest BCUT2D eigenvalue weighted by atomic mass is 79.9. The standard InChI is InChI=1S/C15H17BrFNS/c16-15-7-6-12(17)9-11(15)10-13(18)3-1-4-14-5-2-8-19-14/h2,5-9,13H,1,3-4,10,18H2. The molecule has 1 atom stereocenters. The summed E-state index contributed by atoms with van der Waals surface area (Å²) >= 11 is 5.22. The monoisotopic (exact) mass is 341 g/mol. The maximum absolute atomic E-state index is 13.2. The fourth-order valence-electron chi connectivity index (χ4n) is 2.08. The first kappa shape index (κ1) is 14.7. The van der Waals surface area contributed by atoms with Crippen molar-refractivity contribution in [3.63, 3.8) is 0 Å². The fourth-order valence-corrected chi connectivity index (χ4v) is 3.24.